The first kappa shape index (κ1) is 8.53. The van der Waals surface area contributed by atoms with Gasteiger partial charge in [-0.1, -0.05) is 19.8 Å². The summed E-state index contributed by atoms with van der Waals surface area (Å²) in [7, 11) is 0. The van der Waals surface area contributed by atoms with E-state index in [1.54, 1.807) is 0 Å². The summed E-state index contributed by atoms with van der Waals surface area (Å²) in [5.74, 6) is 0.168. The number of carbonyl (C=O) groups excluding carboxylic acids is 1. The number of hydrazine groups is 1. The normalized spacial score (nSPS) is 18.8. The molecule has 1 amide bonds. The maximum absolute atomic E-state index is 10.7. The first-order valence-corrected chi connectivity index (χ1v) is 4.37. The van der Waals surface area contributed by atoms with Gasteiger partial charge < -0.3 is 0 Å². The highest BCUT2D eigenvalue weighted by molar-refractivity contribution is 5.77. The Labute approximate surface area is 67.7 Å². The molecule has 0 aromatic heterocycles. The summed E-state index contributed by atoms with van der Waals surface area (Å²) in [6.45, 7) is 4.09. The van der Waals surface area contributed by atoms with Crippen molar-refractivity contribution in [2.45, 2.75) is 32.6 Å². The van der Waals surface area contributed by atoms with Gasteiger partial charge in [-0.3, -0.25) is 10.2 Å². The number of amides is 1. The van der Waals surface area contributed by atoms with Gasteiger partial charge in [-0.25, -0.2) is 5.01 Å². The second kappa shape index (κ2) is 4.34. The van der Waals surface area contributed by atoms with Crippen molar-refractivity contribution in [2.75, 3.05) is 13.1 Å². The quantitative estimate of drug-likeness (QED) is 0.614. The number of hydrogen-bond donors (Lipinski definition) is 1. The van der Waals surface area contributed by atoms with Crippen molar-refractivity contribution in [3.8, 4) is 0 Å². The first-order valence-electron chi connectivity index (χ1n) is 4.37. The minimum atomic E-state index is 0.168. The van der Waals surface area contributed by atoms with Gasteiger partial charge in [-0.15, -0.1) is 0 Å². The summed E-state index contributed by atoms with van der Waals surface area (Å²) in [6, 6.07) is 0. The zero-order valence-corrected chi connectivity index (χ0v) is 7.10. The third-order valence-electron chi connectivity index (χ3n) is 1.92. The van der Waals surface area contributed by atoms with Crippen LogP contribution in [-0.2, 0) is 4.79 Å². The van der Waals surface area contributed by atoms with E-state index in [9.17, 15) is 4.79 Å². The smallest absolute Gasteiger partial charge is 0.235 e. The average Bonchev–Trinajstić information content (AvgIpc) is 2.37. The molecule has 0 aliphatic carbocycles. The van der Waals surface area contributed by atoms with Crippen LogP contribution in [0.3, 0.4) is 0 Å². The van der Waals surface area contributed by atoms with Crippen LogP contribution >= 0.6 is 0 Å². The lowest BCUT2D eigenvalue weighted by molar-refractivity contribution is -0.121. The van der Waals surface area contributed by atoms with Crippen LogP contribution in [0.4, 0.5) is 0 Å². The van der Waals surface area contributed by atoms with Gasteiger partial charge in [0.05, 0.1) is 0 Å². The van der Waals surface area contributed by atoms with Crippen LogP contribution in [0.25, 0.3) is 0 Å². The predicted molar refractivity (Wildman–Crippen MR) is 43.9 cm³/mol. The highest BCUT2D eigenvalue weighted by Crippen LogP contribution is 2.01. The van der Waals surface area contributed by atoms with Crippen LogP contribution in [-0.4, -0.2) is 24.0 Å². The fourth-order valence-corrected chi connectivity index (χ4v) is 1.25. The Morgan fingerprint density at radius 2 is 2.36 bits per heavy atom. The molecule has 1 saturated heterocycles. The van der Waals surface area contributed by atoms with E-state index >= 15 is 0 Å². The zero-order chi connectivity index (χ0) is 8.10. The summed E-state index contributed by atoms with van der Waals surface area (Å²) in [6.07, 6.45) is 4.36. The van der Waals surface area contributed by atoms with E-state index in [1.807, 2.05) is 5.01 Å². The van der Waals surface area contributed by atoms with Crippen LogP contribution in [0.2, 0.25) is 0 Å². The molecule has 0 saturated carbocycles. The van der Waals surface area contributed by atoms with Gasteiger partial charge in [0, 0.05) is 19.5 Å². The van der Waals surface area contributed by atoms with Crippen LogP contribution in [0.5, 0.6) is 0 Å². The maximum Gasteiger partial charge on any atom is 0.235 e. The Kier molecular flexibility index (Phi) is 3.36. The van der Waals surface area contributed by atoms with Crippen LogP contribution < -0.4 is 5.43 Å². The Morgan fingerprint density at radius 1 is 1.55 bits per heavy atom. The Morgan fingerprint density at radius 3 is 2.91 bits per heavy atom. The maximum atomic E-state index is 10.7. The zero-order valence-electron chi connectivity index (χ0n) is 7.10. The molecule has 0 bridgehead atoms. The summed E-state index contributed by atoms with van der Waals surface area (Å²) >= 11 is 0. The van der Waals surface area contributed by atoms with Crippen LogP contribution in [0.1, 0.15) is 32.6 Å². The molecule has 0 aromatic rings. The highest BCUT2D eigenvalue weighted by Gasteiger charge is 2.16. The number of rotatable bonds is 4. The molecule has 1 aliphatic heterocycles. The van der Waals surface area contributed by atoms with Crippen molar-refractivity contribution in [3.63, 3.8) is 0 Å². The van der Waals surface area contributed by atoms with E-state index in [-0.39, 0.29) is 5.91 Å². The topological polar surface area (TPSA) is 32.3 Å². The minimum Gasteiger partial charge on any atom is -0.289 e. The Hall–Kier alpha value is -0.570. The molecular weight excluding hydrogens is 140 g/mol. The molecule has 64 valence electrons. The number of nitrogens with zero attached hydrogens (tertiary/aromatic N) is 1. The molecule has 1 heterocycles. The summed E-state index contributed by atoms with van der Waals surface area (Å²) in [5.41, 5.74) is 2.81. The van der Waals surface area contributed by atoms with Crippen LogP contribution in [0, 0.1) is 0 Å². The first-order chi connectivity index (χ1) is 5.33. The Bertz CT molecular complexity index is 136. The van der Waals surface area contributed by atoms with Gasteiger partial charge in [0.1, 0.15) is 0 Å². The molecule has 0 radical (unpaired) electrons. The molecule has 1 fully saturated rings. The van der Waals surface area contributed by atoms with Crippen molar-refractivity contribution in [1.29, 1.82) is 0 Å². The van der Waals surface area contributed by atoms with Gasteiger partial charge in [0.15, 0.2) is 0 Å². The number of nitrogens with one attached hydrogen (secondary N) is 1. The van der Waals surface area contributed by atoms with E-state index in [1.165, 1.54) is 19.3 Å². The van der Waals surface area contributed by atoms with E-state index in [0.29, 0.717) is 6.42 Å². The van der Waals surface area contributed by atoms with E-state index in [0.717, 1.165) is 13.1 Å². The number of unbranched alkanes of at least 4 members (excludes halogenated alkanes) is 2. The van der Waals surface area contributed by atoms with Crippen molar-refractivity contribution in [1.82, 2.24) is 10.4 Å². The summed E-state index contributed by atoms with van der Waals surface area (Å²) in [5, 5.41) is 2.01. The SMILES string of the molecule is CCCCCN1CCC(=O)N1. The van der Waals surface area contributed by atoms with Gasteiger partial charge in [0.2, 0.25) is 5.91 Å². The summed E-state index contributed by atoms with van der Waals surface area (Å²) < 4.78 is 0. The lowest BCUT2D eigenvalue weighted by Gasteiger charge is -2.13. The monoisotopic (exact) mass is 156 g/mol. The van der Waals surface area contributed by atoms with E-state index in [4.69, 9.17) is 0 Å². The lowest BCUT2D eigenvalue weighted by atomic mass is 10.2. The molecule has 0 spiro atoms. The van der Waals surface area contributed by atoms with Crippen molar-refractivity contribution in [3.05, 3.63) is 0 Å². The van der Waals surface area contributed by atoms with Crippen molar-refractivity contribution < 1.29 is 4.79 Å². The van der Waals surface area contributed by atoms with Gasteiger partial charge >= 0.3 is 0 Å². The summed E-state index contributed by atoms with van der Waals surface area (Å²) in [4.78, 5) is 10.7. The molecule has 0 unspecified atom stereocenters. The molecule has 1 aliphatic rings. The molecule has 1 N–H and O–H groups in total. The van der Waals surface area contributed by atoms with Crippen LogP contribution in [0.15, 0.2) is 0 Å². The van der Waals surface area contributed by atoms with Crippen molar-refractivity contribution in [2.24, 2.45) is 0 Å². The molecule has 0 aromatic carbocycles. The fourth-order valence-electron chi connectivity index (χ4n) is 1.25. The standard InChI is InChI=1S/C8H16N2O/c1-2-3-4-6-10-7-5-8(11)9-10/h2-7H2,1H3,(H,9,11). The number of hydrogen-bond acceptors (Lipinski definition) is 2. The fraction of sp³-hybridized carbons (Fsp3) is 0.875. The molecule has 3 nitrogen and oxygen atoms in total. The highest BCUT2D eigenvalue weighted by atomic mass is 16.2. The second-order valence-corrected chi connectivity index (χ2v) is 2.98. The van der Waals surface area contributed by atoms with E-state index < -0.39 is 0 Å². The Balaban J connectivity index is 2.04. The molecular formula is C8H16N2O. The average molecular weight is 156 g/mol. The molecule has 0 atom stereocenters. The van der Waals surface area contributed by atoms with E-state index in [2.05, 4.69) is 12.3 Å². The molecule has 1 rings (SSSR count). The van der Waals surface area contributed by atoms with Gasteiger partial charge in [-0.2, -0.15) is 0 Å². The lowest BCUT2D eigenvalue weighted by Crippen LogP contribution is -2.33. The van der Waals surface area contributed by atoms with Gasteiger partial charge in [0.25, 0.3) is 0 Å². The molecule has 11 heavy (non-hydrogen) atoms. The largest absolute Gasteiger partial charge is 0.289 e. The van der Waals surface area contributed by atoms with Gasteiger partial charge in [-0.05, 0) is 6.42 Å². The minimum absolute atomic E-state index is 0.168. The number of carbonyl (C=O) groups is 1. The predicted octanol–water partition coefficient (Wildman–Crippen LogP) is 0.913. The second-order valence-electron chi connectivity index (χ2n) is 2.98. The van der Waals surface area contributed by atoms with Crippen molar-refractivity contribution >= 4 is 5.91 Å². The molecule has 3 heteroatoms. The third-order valence-corrected chi connectivity index (χ3v) is 1.92. The third kappa shape index (κ3) is 2.89.